The van der Waals surface area contributed by atoms with Gasteiger partial charge in [0.05, 0.1) is 35.3 Å². The number of carbonyl (C=O) groups is 1. The number of pyridine rings is 1. The molecule has 0 aliphatic carbocycles. The smallest absolute Gasteiger partial charge is 0.337 e. The van der Waals surface area contributed by atoms with E-state index in [-0.39, 0.29) is 5.97 Å². The summed E-state index contributed by atoms with van der Waals surface area (Å²) in [6.07, 6.45) is 1.67. The first-order valence-electron chi connectivity index (χ1n) is 5.71. The lowest BCUT2D eigenvalue weighted by Crippen LogP contribution is -2.02. The van der Waals surface area contributed by atoms with Crippen LogP contribution < -0.4 is 5.73 Å². The molecule has 0 aliphatic heterocycles. The van der Waals surface area contributed by atoms with E-state index < -0.39 is 0 Å². The molecular weight excluding hydrogens is 244 g/mol. The van der Waals surface area contributed by atoms with Crippen LogP contribution in [0, 0.1) is 0 Å². The zero-order chi connectivity index (χ0) is 13.6. The Morgan fingerprint density at radius 3 is 2.89 bits per heavy atom. The Bertz CT molecular complexity index is 807. The molecule has 0 saturated carbocycles. The summed E-state index contributed by atoms with van der Waals surface area (Å²) < 4.78 is 6.45. The van der Waals surface area contributed by atoms with E-state index in [4.69, 9.17) is 10.5 Å². The number of rotatable bonds is 1. The van der Waals surface area contributed by atoms with Crippen molar-refractivity contribution in [1.29, 1.82) is 0 Å². The van der Waals surface area contributed by atoms with Crippen LogP contribution in [-0.2, 0) is 11.8 Å². The number of hydrogen-bond acceptors (Lipinski definition) is 5. The van der Waals surface area contributed by atoms with Crippen molar-refractivity contribution >= 4 is 33.6 Å². The van der Waals surface area contributed by atoms with Crippen molar-refractivity contribution in [2.45, 2.75) is 0 Å². The second kappa shape index (κ2) is 3.94. The third kappa shape index (κ3) is 1.61. The van der Waals surface area contributed by atoms with Gasteiger partial charge in [0.25, 0.3) is 0 Å². The zero-order valence-corrected chi connectivity index (χ0v) is 10.5. The van der Waals surface area contributed by atoms with Gasteiger partial charge >= 0.3 is 5.97 Å². The molecule has 3 rings (SSSR count). The van der Waals surface area contributed by atoms with Gasteiger partial charge in [-0.05, 0) is 18.2 Å². The Balaban J connectivity index is 2.43. The SMILES string of the molecule is COC(=O)c1ccc2nc(N)c3cnn(C)c3c2c1. The van der Waals surface area contributed by atoms with E-state index in [9.17, 15) is 4.79 Å². The first kappa shape index (κ1) is 11.5. The average Bonchev–Trinajstić information content (AvgIpc) is 2.81. The highest BCUT2D eigenvalue weighted by Crippen LogP contribution is 2.28. The van der Waals surface area contributed by atoms with Crippen LogP contribution in [0.25, 0.3) is 21.8 Å². The number of esters is 1. The van der Waals surface area contributed by atoms with Crippen LogP contribution in [0.3, 0.4) is 0 Å². The number of benzene rings is 1. The number of nitrogens with zero attached hydrogens (tertiary/aromatic N) is 3. The molecule has 6 heteroatoms. The maximum atomic E-state index is 11.6. The second-order valence-electron chi connectivity index (χ2n) is 4.25. The Morgan fingerprint density at radius 2 is 2.16 bits per heavy atom. The summed E-state index contributed by atoms with van der Waals surface area (Å²) in [5.74, 6) is 0.0514. The summed E-state index contributed by atoms with van der Waals surface area (Å²) >= 11 is 0. The molecule has 19 heavy (non-hydrogen) atoms. The quantitative estimate of drug-likeness (QED) is 0.667. The van der Waals surface area contributed by atoms with Gasteiger partial charge in [0.2, 0.25) is 0 Å². The number of hydrogen-bond donors (Lipinski definition) is 1. The number of aromatic nitrogens is 3. The summed E-state index contributed by atoms with van der Waals surface area (Å²) in [6.45, 7) is 0. The first-order valence-corrected chi connectivity index (χ1v) is 5.71. The minimum atomic E-state index is -0.381. The lowest BCUT2D eigenvalue weighted by atomic mass is 10.1. The van der Waals surface area contributed by atoms with Crippen molar-refractivity contribution in [1.82, 2.24) is 14.8 Å². The van der Waals surface area contributed by atoms with Gasteiger partial charge in [-0.1, -0.05) is 0 Å². The molecule has 2 N–H and O–H groups in total. The van der Waals surface area contributed by atoms with Crippen molar-refractivity contribution in [3.05, 3.63) is 30.0 Å². The highest BCUT2D eigenvalue weighted by molar-refractivity contribution is 6.09. The number of fused-ring (bicyclic) bond motifs is 3. The van der Waals surface area contributed by atoms with Gasteiger partial charge in [-0.3, -0.25) is 4.68 Å². The van der Waals surface area contributed by atoms with Gasteiger partial charge in [0.1, 0.15) is 5.82 Å². The number of ether oxygens (including phenoxy) is 1. The minimum Gasteiger partial charge on any atom is -0.465 e. The Kier molecular flexibility index (Phi) is 2.38. The van der Waals surface area contributed by atoms with Gasteiger partial charge in [-0.25, -0.2) is 9.78 Å². The van der Waals surface area contributed by atoms with Crippen LogP contribution in [0.15, 0.2) is 24.4 Å². The van der Waals surface area contributed by atoms with E-state index in [1.807, 2.05) is 7.05 Å². The highest BCUT2D eigenvalue weighted by Gasteiger charge is 2.13. The minimum absolute atomic E-state index is 0.381. The van der Waals surface area contributed by atoms with Crippen LogP contribution in [0.2, 0.25) is 0 Å². The standard InChI is InChI=1S/C13H12N4O2/c1-17-11-8-5-7(13(18)19-2)3-4-10(8)16-12(14)9(11)6-15-17/h3-6H,1-2H3,(H2,14,16). The molecule has 0 atom stereocenters. The van der Waals surface area contributed by atoms with Gasteiger partial charge in [-0.2, -0.15) is 5.10 Å². The van der Waals surface area contributed by atoms with E-state index in [1.165, 1.54) is 7.11 Å². The van der Waals surface area contributed by atoms with Crippen molar-refractivity contribution in [3.8, 4) is 0 Å². The summed E-state index contributed by atoms with van der Waals surface area (Å²) in [4.78, 5) is 15.9. The van der Waals surface area contributed by atoms with Gasteiger partial charge in [-0.15, -0.1) is 0 Å². The first-order chi connectivity index (χ1) is 9.11. The van der Waals surface area contributed by atoms with Crippen LogP contribution in [-0.4, -0.2) is 27.8 Å². The number of aryl methyl sites for hydroxylation is 1. The normalized spacial score (nSPS) is 11.1. The lowest BCUT2D eigenvalue weighted by molar-refractivity contribution is 0.0601. The number of nitrogen functional groups attached to an aromatic ring is 1. The van der Waals surface area contributed by atoms with Crippen molar-refractivity contribution in [2.24, 2.45) is 7.05 Å². The van der Waals surface area contributed by atoms with Gasteiger partial charge in [0, 0.05) is 12.4 Å². The van der Waals surface area contributed by atoms with Crippen molar-refractivity contribution in [2.75, 3.05) is 12.8 Å². The molecule has 0 amide bonds. The summed E-state index contributed by atoms with van der Waals surface area (Å²) in [5.41, 5.74) is 7.96. The van der Waals surface area contributed by atoms with Crippen LogP contribution >= 0.6 is 0 Å². The summed E-state index contributed by atoms with van der Waals surface area (Å²) in [6, 6.07) is 5.17. The third-order valence-electron chi connectivity index (χ3n) is 3.13. The molecule has 0 aliphatic rings. The van der Waals surface area contributed by atoms with Crippen LogP contribution in [0.1, 0.15) is 10.4 Å². The molecule has 0 fully saturated rings. The predicted octanol–water partition coefficient (Wildman–Crippen LogP) is 1.49. The number of nitrogens with two attached hydrogens (primary N) is 1. The fourth-order valence-corrected chi connectivity index (χ4v) is 2.20. The molecule has 0 unspecified atom stereocenters. The highest BCUT2D eigenvalue weighted by atomic mass is 16.5. The molecule has 0 radical (unpaired) electrons. The van der Waals surface area contributed by atoms with E-state index in [1.54, 1.807) is 29.1 Å². The molecule has 1 aromatic carbocycles. The van der Waals surface area contributed by atoms with Crippen molar-refractivity contribution < 1.29 is 9.53 Å². The molecule has 6 nitrogen and oxygen atoms in total. The van der Waals surface area contributed by atoms with E-state index >= 15 is 0 Å². The van der Waals surface area contributed by atoms with E-state index in [0.29, 0.717) is 11.4 Å². The maximum absolute atomic E-state index is 11.6. The average molecular weight is 256 g/mol. The molecule has 2 heterocycles. The molecular formula is C13H12N4O2. The fraction of sp³-hybridized carbons (Fsp3) is 0.154. The van der Waals surface area contributed by atoms with E-state index in [0.717, 1.165) is 21.8 Å². The molecule has 0 saturated heterocycles. The number of carbonyl (C=O) groups excluding carboxylic acids is 1. The Labute approximate surface area is 108 Å². The molecule has 0 bridgehead atoms. The molecule has 96 valence electrons. The zero-order valence-electron chi connectivity index (χ0n) is 10.5. The topological polar surface area (TPSA) is 83.0 Å². The Hall–Kier alpha value is -2.63. The van der Waals surface area contributed by atoms with Crippen LogP contribution in [0.4, 0.5) is 5.82 Å². The molecule has 3 aromatic rings. The number of methoxy groups -OCH3 is 1. The second-order valence-corrected chi connectivity index (χ2v) is 4.25. The predicted molar refractivity (Wildman–Crippen MR) is 71.8 cm³/mol. The fourth-order valence-electron chi connectivity index (χ4n) is 2.20. The number of anilines is 1. The third-order valence-corrected chi connectivity index (χ3v) is 3.13. The Morgan fingerprint density at radius 1 is 1.37 bits per heavy atom. The largest absolute Gasteiger partial charge is 0.465 e. The lowest BCUT2D eigenvalue weighted by Gasteiger charge is -2.06. The van der Waals surface area contributed by atoms with Gasteiger partial charge < -0.3 is 10.5 Å². The molecule has 0 spiro atoms. The van der Waals surface area contributed by atoms with E-state index in [2.05, 4.69) is 10.1 Å². The van der Waals surface area contributed by atoms with Gasteiger partial charge in [0.15, 0.2) is 0 Å². The molecule has 2 aromatic heterocycles. The van der Waals surface area contributed by atoms with Crippen LogP contribution in [0.5, 0.6) is 0 Å². The maximum Gasteiger partial charge on any atom is 0.337 e. The monoisotopic (exact) mass is 256 g/mol. The summed E-state index contributed by atoms with van der Waals surface area (Å²) in [5, 5.41) is 5.78. The summed E-state index contributed by atoms with van der Waals surface area (Å²) in [7, 11) is 3.18. The van der Waals surface area contributed by atoms with Crippen molar-refractivity contribution in [3.63, 3.8) is 0 Å².